The SMILES string of the molecule is C[N+]1(C)CC[C@@H]2[C@H](C1)c1ccccc1N2C(=O)c1ccccc1Cl. The van der Waals surface area contributed by atoms with Crippen molar-refractivity contribution in [2.45, 2.75) is 18.4 Å². The predicted molar refractivity (Wildman–Crippen MR) is 97.7 cm³/mol. The van der Waals surface area contributed by atoms with E-state index < -0.39 is 0 Å². The molecule has 1 amide bonds. The van der Waals surface area contributed by atoms with Gasteiger partial charge in [0.15, 0.2) is 0 Å². The van der Waals surface area contributed by atoms with Gasteiger partial charge in [-0.15, -0.1) is 0 Å². The van der Waals surface area contributed by atoms with Crippen molar-refractivity contribution < 1.29 is 9.28 Å². The first kappa shape index (κ1) is 15.7. The quantitative estimate of drug-likeness (QED) is 0.720. The summed E-state index contributed by atoms with van der Waals surface area (Å²) in [5, 5.41) is 0.523. The Labute approximate surface area is 148 Å². The molecule has 0 bridgehead atoms. The maximum atomic E-state index is 13.3. The van der Waals surface area contributed by atoms with Crippen LogP contribution in [0.3, 0.4) is 0 Å². The molecule has 0 saturated carbocycles. The van der Waals surface area contributed by atoms with Gasteiger partial charge in [0.25, 0.3) is 5.91 Å². The van der Waals surface area contributed by atoms with Crippen LogP contribution in [0.5, 0.6) is 0 Å². The van der Waals surface area contributed by atoms with Crippen molar-refractivity contribution in [3.8, 4) is 0 Å². The van der Waals surface area contributed by atoms with E-state index in [9.17, 15) is 4.79 Å². The van der Waals surface area contributed by atoms with Crippen LogP contribution in [0, 0.1) is 0 Å². The van der Waals surface area contributed by atoms with Crippen LogP contribution in [0.1, 0.15) is 28.3 Å². The summed E-state index contributed by atoms with van der Waals surface area (Å²) in [6.07, 6.45) is 1.02. The Morgan fingerprint density at radius 2 is 1.83 bits per heavy atom. The highest BCUT2D eigenvalue weighted by Crippen LogP contribution is 2.46. The number of fused-ring (bicyclic) bond motifs is 3. The number of piperidine rings is 1. The van der Waals surface area contributed by atoms with Crippen molar-refractivity contribution in [2.24, 2.45) is 0 Å². The molecule has 4 heteroatoms. The van der Waals surface area contributed by atoms with E-state index in [1.54, 1.807) is 6.07 Å². The molecule has 2 aromatic carbocycles. The monoisotopic (exact) mass is 341 g/mol. The number of likely N-dealkylation sites (tertiary alicyclic amines) is 1. The summed E-state index contributed by atoms with van der Waals surface area (Å²) in [5.74, 6) is 0.421. The molecule has 2 aromatic rings. The van der Waals surface area contributed by atoms with E-state index in [0.29, 0.717) is 16.5 Å². The maximum Gasteiger partial charge on any atom is 0.260 e. The molecule has 2 heterocycles. The van der Waals surface area contributed by atoms with Crippen LogP contribution in [0.25, 0.3) is 0 Å². The van der Waals surface area contributed by atoms with Crippen LogP contribution < -0.4 is 4.90 Å². The van der Waals surface area contributed by atoms with Gasteiger partial charge in [0.1, 0.15) is 0 Å². The minimum Gasteiger partial charge on any atom is -0.328 e. The van der Waals surface area contributed by atoms with Crippen LogP contribution >= 0.6 is 11.6 Å². The number of likely N-dealkylation sites (N-methyl/N-ethyl adjacent to an activating group) is 1. The lowest BCUT2D eigenvalue weighted by Crippen LogP contribution is -2.54. The average Bonchev–Trinajstić information content (AvgIpc) is 2.87. The summed E-state index contributed by atoms with van der Waals surface area (Å²) in [6, 6.07) is 15.9. The van der Waals surface area contributed by atoms with Gasteiger partial charge in [-0.2, -0.15) is 0 Å². The van der Waals surface area contributed by atoms with Gasteiger partial charge in [-0.3, -0.25) is 4.79 Å². The van der Waals surface area contributed by atoms with Crippen LogP contribution in [0.15, 0.2) is 48.5 Å². The van der Waals surface area contributed by atoms with E-state index in [-0.39, 0.29) is 11.9 Å². The zero-order valence-electron chi connectivity index (χ0n) is 14.1. The zero-order chi connectivity index (χ0) is 16.9. The topological polar surface area (TPSA) is 20.3 Å². The van der Waals surface area contributed by atoms with E-state index >= 15 is 0 Å². The fourth-order valence-electron chi connectivity index (χ4n) is 4.27. The lowest BCUT2D eigenvalue weighted by Gasteiger charge is -2.41. The second-order valence-corrected chi connectivity index (χ2v) is 7.93. The molecule has 0 aromatic heterocycles. The zero-order valence-corrected chi connectivity index (χ0v) is 14.8. The smallest absolute Gasteiger partial charge is 0.260 e. The van der Waals surface area contributed by atoms with Gasteiger partial charge in [0.2, 0.25) is 0 Å². The van der Waals surface area contributed by atoms with Crippen molar-refractivity contribution in [3.05, 3.63) is 64.7 Å². The molecule has 0 aliphatic carbocycles. The summed E-state index contributed by atoms with van der Waals surface area (Å²) in [5.41, 5.74) is 2.95. The first-order valence-electron chi connectivity index (χ1n) is 8.47. The van der Waals surface area contributed by atoms with Crippen LogP contribution in [0.4, 0.5) is 5.69 Å². The molecule has 1 saturated heterocycles. The van der Waals surface area contributed by atoms with Gasteiger partial charge in [0, 0.05) is 12.1 Å². The fraction of sp³-hybridized carbons (Fsp3) is 0.350. The summed E-state index contributed by atoms with van der Waals surface area (Å²) in [6.45, 7) is 2.15. The van der Waals surface area contributed by atoms with Crippen molar-refractivity contribution in [2.75, 3.05) is 32.1 Å². The minimum absolute atomic E-state index is 0.0211. The highest BCUT2D eigenvalue weighted by molar-refractivity contribution is 6.34. The molecule has 4 rings (SSSR count). The van der Waals surface area contributed by atoms with Crippen molar-refractivity contribution >= 4 is 23.2 Å². The second kappa shape index (κ2) is 5.61. The Morgan fingerprint density at radius 1 is 1.12 bits per heavy atom. The summed E-state index contributed by atoms with van der Waals surface area (Å²) < 4.78 is 1.00. The molecule has 1 fully saturated rings. The average molecular weight is 342 g/mol. The van der Waals surface area contributed by atoms with Gasteiger partial charge in [0.05, 0.1) is 49.7 Å². The third-order valence-corrected chi connectivity index (χ3v) is 5.77. The Kier molecular flexibility index (Phi) is 3.66. The van der Waals surface area contributed by atoms with Gasteiger partial charge in [-0.05, 0) is 23.8 Å². The molecule has 2 atom stereocenters. The molecule has 2 aliphatic rings. The Bertz CT molecular complexity index is 802. The first-order chi connectivity index (χ1) is 11.5. The van der Waals surface area contributed by atoms with E-state index in [1.165, 1.54) is 5.56 Å². The van der Waals surface area contributed by atoms with Crippen LogP contribution in [-0.4, -0.2) is 43.6 Å². The highest BCUT2D eigenvalue weighted by Gasteiger charge is 2.47. The van der Waals surface area contributed by atoms with Gasteiger partial charge in [-0.25, -0.2) is 0 Å². The number of amides is 1. The molecular formula is C20H22ClN2O+. The Morgan fingerprint density at radius 3 is 2.62 bits per heavy atom. The summed E-state index contributed by atoms with van der Waals surface area (Å²) in [7, 11) is 4.55. The molecule has 0 unspecified atom stereocenters. The lowest BCUT2D eigenvalue weighted by molar-refractivity contribution is -0.896. The van der Waals surface area contributed by atoms with Crippen molar-refractivity contribution in [1.29, 1.82) is 0 Å². The molecule has 124 valence electrons. The molecular weight excluding hydrogens is 320 g/mol. The molecule has 24 heavy (non-hydrogen) atoms. The summed E-state index contributed by atoms with van der Waals surface area (Å²) in [4.78, 5) is 15.3. The highest BCUT2D eigenvalue weighted by atomic mass is 35.5. The fourth-order valence-corrected chi connectivity index (χ4v) is 4.48. The number of quaternary nitrogens is 1. The maximum absolute atomic E-state index is 13.3. The van der Waals surface area contributed by atoms with E-state index in [1.807, 2.05) is 29.2 Å². The normalized spacial score (nSPS) is 24.4. The molecule has 0 radical (unpaired) electrons. The minimum atomic E-state index is 0.0211. The number of hydrogen-bond donors (Lipinski definition) is 0. The molecule has 0 N–H and O–H groups in total. The van der Waals surface area contributed by atoms with Gasteiger partial charge >= 0.3 is 0 Å². The summed E-state index contributed by atoms with van der Waals surface area (Å²) >= 11 is 6.29. The molecule has 0 spiro atoms. The largest absolute Gasteiger partial charge is 0.328 e. The van der Waals surface area contributed by atoms with Crippen molar-refractivity contribution in [3.63, 3.8) is 0 Å². The number of hydrogen-bond acceptors (Lipinski definition) is 1. The van der Waals surface area contributed by atoms with Crippen LogP contribution in [-0.2, 0) is 0 Å². The number of carbonyl (C=O) groups excluding carboxylic acids is 1. The Balaban J connectivity index is 1.79. The van der Waals surface area contributed by atoms with E-state index in [0.717, 1.165) is 29.7 Å². The standard InChI is InChI=1S/C20H22ClN2O/c1-23(2)12-11-19-16(13-23)14-7-4-6-10-18(14)22(19)20(24)15-8-3-5-9-17(15)21/h3-10,16,19H,11-13H2,1-2H3/q+1/t16-,19-/m1/s1. The number of para-hydroxylation sites is 1. The van der Waals surface area contributed by atoms with Gasteiger partial charge in [-0.1, -0.05) is 41.9 Å². The number of anilines is 1. The first-order valence-corrected chi connectivity index (χ1v) is 8.85. The Hall–Kier alpha value is -1.84. The molecule has 2 aliphatic heterocycles. The van der Waals surface area contributed by atoms with E-state index in [4.69, 9.17) is 11.6 Å². The number of halogens is 1. The number of nitrogens with zero attached hydrogens (tertiary/aromatic N) is 2. The number of carbonyl (C=O) groups is 1. The third kappa shape index (κ3) is 2.43. The van der Waals surface area contributed by atoms with Crippen LogP contribution in [0.2, 0.25) is 5.02 Å². The number of benzene rings is 2. The second-order valence-electron chi connectivity index (χ2n) is 7.52. The predicted octanol–water partition coefficient (Wildman–Crippen LogP) is 3.93. The molecule has 3 nitrogen and oxygen atoms in total. The lowest BCUT2D eigenvalue weighted by atomic mass is 9.88. The third-order valence-electron chi connectivity index (χ3n) is 5.44. The van der Waals surface area contributed by atoms with Gasteiger partial charge < -0.3 is 9.38 Å². The van der Waals surface area contributed by atoms with Crippen molar-refractivity contribution in [1.82, 2.24) is 0 Å². The number of rotatable bonds is 1. The van der Waals surface area contributed by atoms with E-state index in [2.05, 4.69) is 32.3 Å².